The van der Waals surface area contributed by atoms with Crippen molar-refractivity contribution in [1.82, 2.24) is 19.8 Å². The highest BCUT2D eigenvalue weighted by Crippen LogP contribution is 2.57. The van der Waals surface area contributed by atoms with Crippen LogP contribution in [0.4, 0.5) is 0 Å². The number of hydrogen-bond donors (Lipinski definition) is 3. The van der Waals surface area contributed by atoms with E-state index in [0.29, 0.717) is 38.0 Å². The lowest BCUT2D eigenvalue weighted by molar-refractivity contribution is -0.169. The number of aliphatic hydroxyl groups excluding tert-OH is 1. The monoisotopic (exact) mass is 748 g/mol. The highest BCUT2D eigenvalue weighted by Gasteiger charge is 2.64. The van der Waals surface area contributed by atoms with E-state index in [0.717, 1.165) is 75.0 Å². The summed E-state index contributed by atoms with van der Waals surface area (Å²) < 4.78 is 17.5. The lowest BCUT2D eigenvalue weighted by Gasteiger charge is -2.57. The van der Waals surface area contributed by atoms with Crippen molar-refractivity contribution in [3.05, 3.63) is 76.1 Å². The average Bonchev–Trinajstić information content (AvgIpc) is 3.72. The number of esters is 2. The van der Waals surface area contributed by atoms with Gasteiger partial charge in [0.2, 0.25) is 0 Å². The maximum atomic E-state index is 14.3. The van der Waals surface area contributed by atoms with Gasteiger partial charge in [0.25, 0.3) is 0 Å². The number of Topliss-reactive ketones (excluding diaryl/α,β-unsaturated/α-hetero) is 1. The van der Waals surface area contributed by atoms with E-state index in [2.05, 4.69) is 50.1 Å². The van der Waals surface area contributed by atoms with E-state index in [1.807, 2.05) is 26.1 Å². The fraction of sp³-hybridized carbons (Fsp3) is 0.523. The molecule has 10 rings (SSSR count). The Balaban J connectivity index is 1.30. The van der Waals surface area contributed by atoms with Gasteiger partial charge >= 0.3 is 11.9 Å². The number of aliphatic hydroxyl groups is 1. The number of para-hydroxylation sites is 1. The summed E-state index contributed by atoms with van der Waals surface area (Å²) in [5.74, 6) is -0.491. The van der Waals surface area contributed by atoms with Crippen molar-refractivity contribution in [3.63, 3.8) is 0 Å². The Morgan fingerprint density at radius 3 is 2.49 bits per heavy atom. The number of rotatable bonds is 6. The predicted molar refractivity (Wildman–Crippen MR) is 208 cm³/mol. The second-order valence-electron chi connectivity index (χ2n) is 16.9. The molecule has 0 spiro atoms. The number of methoxy groups -OCH3 is 3. The first-order valence-electron chi connectivity index (χ1n) is 19.8. The summed E-state index contributed by atoms with van der Waals surface area (Å²) in [6, 6.07) is 12.0. The number of ketones is 1. The molecule has 4 fully saturated rings. The van der Waals surface area contributed by atoms with E-state index < -0.39 is 16.8 Å². The smallest absolute Gasteiger partial charge is 0.319 e. The van der Waals surface area contributed by atoms with E-state index in [4.69, 9.17) is 14.2 Å². The number of likely N-dealkylation sites (N-methyl/N-ethyl adjacent to an activating group) is 1. The molecule has 1 saturated carbocycles. The van der Waals surface area contributed by atoms with Crippen LogP contribution in [-0.2, 0) is 42.1 Å². The van der Waals surface area contributed by atoms with Crippen LogP contribution in [-0.4, -0.2) is 109 Å². The Bertz CT molecular complexity index is 2270. The van der Waals surface area contributed by atoms with Crippen LogP contribution in [0.5, 0.6) is 5.75 Å². The first-order chi connectivity index (χ1) is 26.6. The molecular weight excluding hydrogens is 697 g/mol. The number of carbonyl (C=O) groups is 3. The van der Waals surface area contributed by atoms with E-state index in [-0.39, 0.29) is 54.1 Å². The molecule has 9 atom stereocenters. The van der Waals surface area contributed by atoms with Crippen molar-refractivity contribution in [2.75, 3.05) is 54.6 Å². The zero-order chi connectivity index (χ0) is 38.6. The van der Waals surface area contributed by atoms with Gasteiger partial charge in [0, 0.05) is 94.3 Å². The summed E-state index contributed by atoms with van der Waals surface area (Å²) in [7, 11) is 6.61. The van der Waals surface area contributed by atoms with Gasteiger partial charge in [-0.15, -0.1) is 0 Å². The van der Waals surface area contributed by atoms with Crippen LogP contribution in [0.15, 0.2) is 48.0 Å². The molecule has 290 valence electrons. The van der Waals surface area contributed by atoms with Crippen LogP contribution < -0.4 is 4.74 Å². The SMILES string of the molecule is C/C=C1/CN(C)[C@H]2Cc3c([nH]c4ccccc34)[C@H](c3cc4c5c([nH]c4cc3OC)[C@]3(C(=O)OC)C[C@H]4C[C@H](C(C)=O)[C@@H]3N(CC5)C4)C[C@@H]1[C@]2(CO)C(=O)OC. The highest BCUT2D eigenvalue weighted by atomic mass is 16.5. The van der Waals surface area contributed by atoms with Crippen molar-refractivity contribution in [3.8, 4) is 5.75 Å². The molecule has 2 aliphatic carbocycles. The Morgan fingerprint density at radius 2 is 1.78 bits per heavy atom. The number of piperidine rings is 3. The van der Waals surface area contributed by atoms with E-state index in [9.17, 15) is 19.5 Å². The molecule has 1 unspecified atom stereocenters. The van der Waals surface area contributed by atoms with Crippen LogP contribution in [0, 0.1) is 23.2 Å². The van der Waals surface area contributed by atoms with Crippen LogP contribution in [0.2, 0.25) is 0 Å². The second-order valence-corrected chi connectivity index (χ2v) is 16.9. The maximum absolute atomic E-state index is 14.3. The fourth-order valence-electron chi connectivity index (χ4n) is 12.4. The largest absolute Gasteiger partial charge is 0.496 e. The van der Waals surface area contributed by atoms with E-state index >= 15 is 0 Å². The molecule has 0 amide bonds. The number of allylic oxidation sites excluding steroid dienone is 1. The van der Waals surface area contributed by atoms with Gasteiger partial charge in [0.05, 0.1) is 27.9 Å². The molecule has 0 radical (unpaired) electrons. The van der Waals surface area contributed by atoms with Crippen LogP contribution in [0.1, 0.15) is 67.1 Å². The van der Waals surface area contributed by atoms with Crippen molar-refractivity contribution in [2.24, 2.45) is 23.2 Å². The first-order valence-corrected chi connectivity index (χ1v) is 19.8. The fourth-order valence-corrected chi connectivity index (χ4v) is 12.4. The Kier molecular flexibility index (Phi) is 8.60. The summed E-state index contributed by atoms with van der Waals surface area (Å²) in [6.45, 7) is 5.61. The van der Waals surface area contributed by atoms with Gasteiger partial charge in [0.1, 0.15) is 22.4 Å². The van der Waals surface area contributed by atoms with Crippen LogP contribution in [0.3, 0.4) is 0 Å². The Hall–Kier alpha value is -4.45. The van der Waals surface area contributed by atoms with Gasteiger partial charge in [-0.25, -0.2) is 0 Å². The second kappa shape index (κ2) is 13.1. The topological polar surface area (TPSA) is 137 Å². The number of aromatic nitrogens is 2. The van der Waals surface area contributed by atoms with Gasteiger partial charge in [-0.05, 0) is 82.2 Å². The average molecular weight is 749 g/mol. The molecule has 2 aromatic heterocycles. The molecule has 2 aromatic carbocycles. The van der Waals surface area contributed by atoms with E-state index in [1.165, 1.54) is 14.2 Å². The summed E-state index contributed by atoms with van der Waals surface area (Å²) in [5.41, 5.74) is 5.89. The van der Waals surface area contributed by atoms with Crippen molar-refractivity contribution in [2.45, 2.75) is 69.4 Å². The number of fused-ring (bicyclic) bond motifs is 9. The Morgan fingerprint density at radius 1 is 1.00 bits per heavy atom. The van der Waals surface area contributed by atoms with E-state index in [1.54, 1.807) is 14.0 Å². The molecule has 6 bridgehead atoms. The number of H-pyrrole nitrogens is 2. The molecule has 55 heavy (non-hydrogen) atoms. The quantitative estimate of drug-likeness (QED) is 0.183. The number of nitrogens with zero attached hydrogens (tertiary/aromatic N) is 2. The zero-order valence-corrected chi connectivity index (χ0v) is 32.7. The highest BCUT2D eigenvalue weighted by molar-refractivity contribution is 5.94. The molecule has 3 N–H and O–H groups in total. The van der Waals surface area contributed by atoms with Gasteiger partial charge in [-0.2, -0.15) is 0 Å². The molecule has 3 saturated heterocycles. The predicted octanol–water partition coefficient (Wildman–Crippen LogP) is 5.03. The molecule has 11 nitrogen and oxygen atoms in total. The minimum atomic E-state index is -1.20. The summed E-state index contributed by atoms with van der Waals surface area (Å²) in [5, 5.41) is 13.6. The minimum Gasteiger partial charge on any atom is -0.496 e. The number of benzene rings is 2. The Labute approximate surface area is 321 Å². The first kappa shape index (κ1) is 36.2. The number of carbonyl (C=O) groups excluding carboxylic acids is 3. The molecule has 4 aromatic rings. The molecule has 6 aliphatic rings. The molecule has 4 aliphatic heterocycles. The van der Waals surface area contributed by atoms with Crippen LogP contribution in [0.25, 0.3) is 21.8 Å². The van der Waals surface area contributed by atoms with Gasteiger partial charge in [-0.3, -0.25) is 24.2 Å². The standard InChI is InChI=1S/C44H52N4O7/c1-7-25-21-47(3)37-17-32-26-10-8-9-11-34(26)45-38(32)31(16-33(25)44(37,22-49)42(52)55-6)30-15-29-27-12-13-48-20-24-14-28(23(2)50)40(48)43(19-24,41(51)54-5)39(27)46-35(29)18-36(30)53-4/h7-11,15,18,24,28,31,33,37,40,45-46,49H,12-14,16-17,19-22H2,1-6H3/b25-7-/t24-,28-,31+,33+,37+,40+,43-,44+/m1/s1. The van der Waals surface area contributed by atoms with Crippen molar-refractivity contribution >= 4 is 39.5 Å². The number of ether oxygens (including phenoxy) is 3. The number of hydrogen-bond acceptors (Lipinski definition) is 9. The normalized spacial score (nSPS) is 33.4. The third kappa shape index (κ3) is 4.88. The summed E-state index contributed by atoms with van der Waals surface area (Å²) in [4.78, 5) is 53.8. The number of nitrogens with one attached hydrogen (secondary N) is 2. The van der Waals surface area contributed by atoms with Gasteiger partial charge in [-0.1, -0.05) is 29.8 Å². The minimum absolute atomic E-state index is 0.122. The van der Waals surface area contributed by atoms with Crippen LogP contribution >= 0.6 is 0 Å². The van der Waals surface area contributed by atoms with Gasteiger partial charge in [0.15, 0.2) is 0 Å². The third-order valence-corrected chi connectivity index (χ3v) is 14.7. The molecular formula is C44H52N4O7. The van der Waals surface area contributed by atoms with Crippen molar-refractivity contribution < 1.29 is 33.7 Å². The molecule has 6 heterocycles. The van der Waals surface area contributed by atoms with Gasteiger partial charge < -0.3 is 29.3 Å². The molecule has 11 heteroatoms. The third-order valence-electron chi connectivity index (χ3n) is 14.7. The lowest BCUT2D eigenvalue weighted by Crippen LogP contribution is -2.68. The number of likely N-dealkylation sites (tertiary alicyclic amines) is 1. The zero-order valence-electron chi connectivity index (χ0n) is 32.7. The summed E-state index contributed by atoms with van der Waals surface area (Å²) >= 11 is 0. The lowest BCUT2D eigenvalue weighted by atomic mass is 9.56. The summed E-state index contributed by atoms with van der Waals surface area (Å²) in [6.07, 6.45) is 5.31. The van der Waals surface area contributed by atoms with Crippen molar-refractivity contribution in [1.29, 1.82) is 0 Å². The number of aromatic amines is 2. The maximum Gasteiger partial charge on any atom is 0.319 e.